The third-order valence-electron chi connectivity index (χ3n) is 3.29. The number of carbonyl (C=O) groups is 1. The van der Waals surface area contributed by atoms with E-state index in [0.717, 1.165) is 12.5 Å². The van der Waals surface area contributed by atoms with E-state index in [2.05, 4.69) is 46.1 Å². The summed E-state index contributed by atoms with van der Waals surface area (Å²) < 4.78 is 5.04. The average molecular weight is 456 g/mol. The molecule has 0 saturated heterocycles. The molecule has 25 heavy (non-hydrogen) atoms. The van der Waals surface area contributed by atoms with Gasteiger partial charge in [0.2, 0.25) is 0 Å². The zero-order chi connectivity index (χ0) is 17.2. The molecule has 0 saturated carbocycles. The summed E-state index contributed by atoms with van der Waals surface area (Å²) in [5.74, 6) is 0.824. The van der Waals surface area contributed by atoms with Crippen LogP contribution in [0.2, 0.25) is 0 Å². The van der Waals surface area contributed by atoms with Gasteiger partial charge in [-0.25, -0.2) is 4.99 Å². The third kappa shape index (κ3) is 7.59. The van der Waals surface area contributed by atoms with Gasteiger partial charge in [0.1, 0.15) is 0 Å². The Morgan fingerprint density at radius 1 is 1.12 bits per heavy atom. The summed E-state index contributed by atoms with van der Waals surface area (Å²) in [5.41, 5.74) is 2.39. The minimum absolute atomic E-state index is 0. The molecule has 0 aliphatic heterocycles. The highest BCUT2D eigenvalue weighted by Crippen LogP contribution is 2.04. The van der Waals surface area contributed by atoms with Crippen LogP contribution in [-0.4, -0.2) is 31.5 Å². The van der Waals surface area contributed by atoms with Crippen molar-refractivity contribution in [2.75, 3.05) is 19.6 Å². The van der Waals surface area contributed by atoms with Crippen molar-refractivity contribution in [2.45, 2.75) is 20.4 Å². The quantitative estimate of drug-likeness (QED) is 0.259. The Morgan fingerprint density at radius 3 is 2.60 bits per heavy atom. The van der Waals surface area contributed by atoms with Gasteiger partial charge in [0, 0.05) is 19.6 Å². The van der Waals surface area contributed by atoms with E-state index < -0.39 is 0 Å². The Hall–Kier alpha value is -2.03. The molecule has 0 bridgehead atoms. The Labute approximate surface area is 165 Å². The minimum Gasteiger partial charge on any atom is -0.459 e. The number of nitrogens with zero attached hydrogens (tertiary/aromatic N) is 1. The van der Waals surface area contributed by atoms with Crippen LogP contribution in [0.25, 0.3) is 0 Å². The molecular formula is C18H25IN4O2. The molecule has 0 aliphatic rings. The number of amides is 1. The summed E-state index contributed by atoms with van der Waals surface area (Å²) in [6.45, 7) is 6.52. The first kappa shape index (κ1) is 21.0. The van der Waals surface area contributed by atoms with Crippen LogP contribution in [0.3, 0.4) is 0 Å². The maximum atomic E-state index is 11.7. The highest BCUT2D eigenvalue weighted by Gasteiger charge is 2.06. The van der Waals surface area contributed by atoms with Crippen LogP contribution in [0.15, 0.2) is 52.1 Å². The topological polar surface area (TPSA) is 78.7 Å². The Bertz CT molecular complexity index is 671. The summed E-state index contributed by atoms with van der Waals surface area (Å²) in [6, 6.07) is 11.6. The molecule has 2 aromatic rings. The smallest absolute Gasteiger partial charge is 0.287 e. The standard InChI is InChI=1S/C18H24N4O2.HI/c1-3-19-18(22-13-15-7-4-6-14(2)12-15)21-10-9-20-17(23)16-8-5-11-24-16;/h4-8,11-12H,3,9-10,13H2,1-2H3,(H,20,23)(H2,19,21,22);1H. The van der Waals surface area contributed by atoms with E-state index in [9.17, 15) is 4.79 Å². The molecule has 0 spiro atoms. The monoisotopic (exact) mass is 456 g/mol. The molecular weight excluding hydrogens is 431 g/mol. The minimum atomic E-state index is -0.219. The predicted octanol–water partition coefficient (Wildman–Crippen LogP) is 2.69. The number of guanidine groups is 1. The number of nitrogens with one attached hydrogen (secondary N) is 3. The van der Waals surface area contributed by atoms with E-state index in [1.165, 1.54) is 17.4 Å². The Balaban J connectivity index is 0.00000312. The van der Waals surface area contributed by atoms with Crippen molar-refractivity contribution in [3.63, 3.8) is 0 Å². The molecule has 0 unspecified atom stereocenters. The highest BCUT2D eigenvalue weighted by atomic mass is 127. The van der Waals surface area contributed by atoms with Gasteiger partial charge >= 0.3 is 0 Å². The molecule has 136 valence electrons. The highest BCUT2D eigenvalue weighted by molar-refractivity contribution is 14.0. The van der Waals surface area contributed by atoms with Crippen molar-refractivity contribution in [3.8, 4) is 0 Å². The van der Waals surface area contributed by atoms with E-state index in [1.54, 1.807) is 12.1 Å². The number of hydrogen-bond acceptors (Lipinski definition) is 3. The van der Waals surface area contributed by atoms with Crippen LogP contribution in [0.5, 0.6) is 0 Å². The zero-order valence-corrected chi connectivity index (χ0v) is 16.9. The molecule has 2 rings (SSSR count). The fourth-order valence-electron chi connectivity index (χ4n) is 2.17. The van der Waals surface area contributed by atoms with E-state index >= 15 is 0 Å². The summed E-state index contributed by atoms with van der Waals surface area (Å²) >= 11 is 0. The number of furan rings is 1. The molecule has 6 nitrogen and oxygen atoms in total. The number of aryl methyl sites for hydroxylation is 1. The molecule has 1 aromatic heterocycles. The third-order valence-corrected chi connectivity index (χ3v) is 3.29. The number of halogens is 1. The van der Waals surface area contributed by atoms with Crippen molar-refractivity contribution >= 4 is 35.8 Å². The lowest BCUT2D eigenvalue weighted by atomic mass is 10.1. The summed E-state index contributed by atoms with van der Waals surface area (Å²) in [4.78, 5) is 16.3. The van der Waals surface area contributed by atoms with Crippen molar-refractivity contribution in [3.05, 3.63) is 59.5 Å². The van der Waals surface area contributed by atoms with Crippen LogP contribution in [0.1, 0.15) is 28.6 Å². The molecule has 0 atom stereocenters. The first-order chi connectivity index (χ1) is 11.7. The molecule has 1 amide bonds. The van der Waals surface area contributed by atoms with Crippen LogP contribution in [0, 0.1) is 6.92 Å². The Morgan fingerprint density at radius 2 is 1.92 bits per heavy atom. The SMILES string of the molecule is CCNC(=NCc1cccc(C)c1)NCCNC(=O)c1ccco1.I. The maximum Gasteiger partial charge on any atom is 0.287 e. The molecule has 0 radical (unpaired) electrons. The maximum absolute atomic E-state index is 11.7. The number of rotatable bonds is 7. The van der Waals surface area contributed by atoms with E-state index in [-0.39, 0.29) is 29.9 Å². The average Bonchev–Trinajstić information content (AvgIpc) is 3.11. The lowest BCUT2D eigenvalue weighted by molar-refractivity contribution is 0.0926. The molecule has 7 heteroatoms. The molecule has 0 fully saturated rings. The van der Waals surface area contributed by atoms with Crippen LogP contribution in [-0.2, 0) is 6.54 Å². The summed E-state index contributed by atoms with van der Waals surface area (Å²) in [5, 5.41) is 9.18. The molecule has 0 aliphatic carbocycles. The molecule has 3 N–H and O–H groups in total. The van der Waals surface area contributed by atoms with E-state index in [4.69, 9.17) is 4.42 Å². The van der Waals surface area contributed by atoms with Gasteiger partial charge in [0.25, 0.3) is 5.91 Å². The van der Waals surface area contributed by atoms with Crippen LogP contribution in [0.4, 0.5) is 0 Å². The first-order valence-electron chi connectivity index (χ1n) is 8.08. The van der Waals surface area contributed by atoms with Gasteiger partial charge in [0.05, 0.1) is 12.8 Å². The molecule has 1 heterocycles. The second kappa shape index (κ2) is 11.5. The molecule has 1 aromatic carbocycles. The first-order valence-corrected chi connectivity index (χ1v) is 8.08. The number of aliphatic imine (C=N–C) groups is 1. The number of hydrogen-bond donors (Lipinski definition) is 3. The van der Waals surface area contributed by atoms with Crippen molar-refractivity contribution < 1.29 is 9.21 Å². The zero-order valence-electron chi connectivity index (χ0n) is 14.5. The summed E-state index contributed by atoms with van der Waals surface area (Å²) in [7, 11) is 0. The second-order valence-corrected chi connectivity index (χ2v) is 5.34. The van der Waals surface area contributed by atoms with Crippen molar-refractivity contribution in [1.82, 2.24) is 16.0 Å². The second-order valence-electron chi connectivity index (χ2n) is 5.34. The van der Waals surface area contributed by atoms with Crippen LogP contribution < -0.4 is 16.0 Å². The largest absolute Gasteiger partial charge is 0.459 e. The van der Waals surface area contributed by atoms with Crippen molar-refractivity contribution in [1.29, 1.82) is 0 Å². The van der Waals surface area contributed by atoms with Gasteiger partial charge in [-0.15, -0.1) is 24.0 Å². The lowest BCUT2D eigenvalue weighted by Crippen LogP contribution is -2.41. The van der Waals surface area contributed by atoms with E-state index in [1.807, 2.05) is 13.0 Å². The Kier molecular flexibility index (Phi) is 9.68. The fourth-order valence-corrected chi connectivity index (χ4v) is 2.17. The van der Waals surface area contributed by atoms with Gasteiger partial charge in [0.15, 0.2) is 11.7 Å². The normalized spacial score (nSPS) is 10.7. The summed E-state index contributed by atoms with van der Waals surface area (Å²) in [6.07, 6.45) is 1.48. The van der Waals surface area contributed by atoms with Crippen molar-refractivity contribution in [2.24, 2.45) is 4.99 Å². The van der Waals surface area contributed by atoms with Crippen LogP contribution >= 0.6 is 24.0 Å². The van der Waals surface area contributed by atoms with Gasteiger partial charge in [-0.1, -0.05) is 29.8 Å². The van der Waals surface area contributed by atoms with Gasteiger partial charge in [-0.2, -0.15) is 0 Å². The number of benzene rings is 1. The van der Waals surface area contributed by atoms with Gasteiger partial charge in [-0.05, 0) is 31.5 Å². The predicted molar refractivity (Wildman–Crippen MR) is 110 cm³/mol. The van der Waals surface area contributed by atoms with Gasteiger partial charge in [-0.3, -0.25) is 4.79 Å². The number of carbonyl (C=O) groups excluding carboxylic acids is 1. The van der Waals surface area contributed by atoms with E-state index in [0.29, 0.717) is 25.4 Å². The van der Waals surface area contributed by atoms with Gasteiger partial charge < -0.3 is 20.4 Å². The fraction of sp³-hybridized carbons (Fsp3) is 0.333. The lowest BCUT2D eigenvalue weighted by Gasteiger charge is -2.11.